The average molecular weight is 349 g/mol. The Balaban J connectivity index is 1.75. The summed E-state index contributed by atoms with van der Waals surface area (Å²) in [6, 6.07) is 0. The van der Waals surface area contributed by atoms with Crippen LogP contribution in [-0.2, 0) is 33.6 Å². The molecule has 0 saturated carbocycles. The van der Waals surface area contributed by atoms with Gasteiger partial charge >= 0.3 is 5.97 Å². The molecule has 1 amide bonds. The van der Waals surface area contributed by atoms with Crippen molar-refractivity contribution in [2.24, 2.45) is 5.73 Å². The normalized spacial score (nSPS) is 15.0. The largest absolute Gasteiger partial charge is 0.453 e. The van der Waals surface area contributed by atoms with Crippen LogP contribution >= 0.6 is 11.3 Å². The van der Waals surface area contributed by atoms with E-state index in [2.05, 4.69) is 9.97 Å². The van der Waals surface area contributed by atoms with Crippen molar-refractivity contribution in [3.05, 3.63) is 26.6 Å². The number of aromatic nitrogens is 2. The lowest BCUT2D eigenvalue weighted by Crippen LogP contribution is -2.30. The van der Waals surface area contributed by atoms with Gasteiger partial charge in [-0.1, -0.05) is 0 Å². The lowest BCUT2D eigenvalue weighted by atomic mass is 9.97. The first-order valence-corrected chi connectivity index (χ1v) is 8.79. The van der Waals surface area contributed by atoms with Crippen LogP contribution in [-0.4, -0.2) is 27.9 Å². The van der Waals surface area contributed by atoms with E-state index in [1.54, 1.807) is 11.3 Å². The number of hydrogen-bond acceptors (Lipinski definition) is 6. The first-order chi connectivity index (χ1) is 11.5. The third-order valence-corrected chi connectivity index (χ3v) is 5.33. The smallest absolute Gasteiger partial charge is 0.307 e. The van der Waals surface area contributed by atoms with Gasteiger partial charge in [-0.15, -0.1) is 11.3 Å². The molecule has 3 rings (SSSR count). The predicted octanol–water partition coefficient (Wildman–Crippen LogP) is 1.21. The highest BCUT2D eigenvalue weighted by Crippen LogP contribution is 2.33. The van der Waals surface area contributed by atoms with Gasteiger partial charge in [0, 0.05) is 11.3 Å². The number of thiophene rings is 1. The molecule has 0 fully saturated rings. The van der Waals surface area contributed by atoms with Gasteiger partial charge in [-0.25, -0.2) is 4.98 Å². The zero-order valence-corrected chi connectivity index (χ0v) is 14.2. The minimum atomic E-state index is -0.962. The number of rotatable bonds is 5. The molecule has 3 N–H and O–H groups in total. The Morgan fingerprint density at radius 2 is 2.12 bits per heavy atom. The van der Waals surface area contributed by atoms with Crippen LogP contribution in [0.2, 0.25) is 0 Å². The Bertz CT molecular complexity index is 855. The molecule has 1 atom stereocenters. The lowest BCUT2D eigenvalue weighted by Gasteiger charge is -2.10. The summed E-state index contributed by atoms with van der Waals surface area (Å²) in [5.41, 5.74) is 6.04. The zero-order valence-electron chi connectivity index (χ0n) is 13.4. The summed E-state index contributed by atoms with van der Waals surface area (Å²) in [5.74, 6) is -0.787. The van der Waals surface area contributed by atoms with E-state index in [0.29, 0.717) is 11.2 Å². The number of amides is 1. The monoisotopic (exact) mass is 349 g/mol. The Morgan fingerprint density at radius 3 is 2.88 bits per heavy atom. The maximum atomic E-state index is 12.4. The number of nitrogens with zero attached hydrogens (tertiary/aromatic N) is 1. The highest BCUT2D eigenvalue weighted by atomic mass is 32.1. The summed E-state index contributed by atoms with van der Waals surface area (Å²) in [6.07, 6.45) is 3.49. The van der Waals surface area contributed by atoms with Crippen LogP contribution in [0, 0.1) is 0 Å². The fourth-order valence-corrected chi connectivity index (χ4v) is 4.14. The van der Waals surface area contributed by atoms with Crippen molar-refractivity contribution in [2.45, 2.75) is 51.6 Å². The van der Waals surface area contributed by atoms with Gasteiger partial charge in [-0.3, -0.25) is 14.4 Å². The van der Waals surface area contributed by atoms with Gasteiger partial charge in [0.05, 0.1) is 11.8 Å². The van der Waals surface area contributed by atoms with E-state index in [9.17, 15) is 14.4 Å². The second kappa shape index (κ2) is 6.72. The summed E-state index contributed by atoms with van der Waals surface area (Å²) < 4.78 is 4.89. The topological polar surface area (TPSA) is 115 Å². The van der Waals surface area contributed by atoms with Gasteiger partial charge in [0.2, 0.25) is 0 Å². The van der Waals surface area contributed by atoms with Crippen LogP contribution in [0.15, 0.2) is 4.79 Å². The molecule has 2 aromatic heterocycles. The van der Waals surface area contributed by atoms with Crippen LogP contribution in [0.3, 0.4) is 0 Å². The van der Waals surface area contributed by atoms with Crippen molar-refractivity contribution in [3.63, 3.8) is 0 Å². The maximum absolute atomic E-state index is 12.4. The van der Waals surface area contributed by atoms with Crippen molar-refractivity contribution in [1.82, 2.24) is 9.97 Å². The summed E-state index contributed by atoms with van der Waals surface area (Å²) in [7, 11) is 0. The quantitative estimate of drug-likeness (QED) is 0.787. The number of nitrogens with one attached hydrogen (secondary N) is 1. The number of carbonyl (C=O) groups is 2. The van der Waals surface area contributed by atoms with Crippen LogP contribution < -0.4 is 11.3 Å². The van der Waals surface area contributed by atoms with Gasteiger partial charge in [-0.05, 0) is 38.2 Å². The Morgan fingerprint density at radius 1 is 1.38 bits per heavy atom. The number of hydrogen-bond donors (Lipinski definition) is 2. The zero-order chi connectivity index (χ0) is 17.3. The number of H-pyrrole nitrogens is 1. The molecule has 24 heavy (non-hydrogen) atoms. The third-order valence-electron chi connectivity index (χ3n) is 4.15. The number of nitrogens with two attached hydrogens (primary N) is 1. The minimum Gasteiger partial charge on any atom is -0.453 e. The lowest BCUT2D eigenvalue weighted by molar-refractivity contribution is -0.153. The number of aromatic amines is 1. The fourth-order valence-electron chi connectivity index (χ4n) is 2.86. The molecule has 1 aliphatic rings. The molecule has 0 aliphatic heterocycles. The van der Waals surface area contributed by atoms with E-state index >= 15 is 0 Å². The summed E-state index contributed by atoms with van der Waals surface area (Å²) in [6.45, 7) is 1.42. The molecule has 1 aliphatic carbocycles. The number of aryl methyl sites for hydroxylation is 3. The first-order valence-electron chi connectivity index (χ1n) is 7.98. The highest BCUT2D eigenvalue weighted by molar-refractivity contribution is 7.18. The van der Waals surface area contributed by atoms with Gasteiger partial charge < -0.3 is 15.5 Å². The van der Waals surface area contributed by atoms with Crippen LogP contribution in [0.4, 0.5) is 0 Å². The fraction of sp³-hybridized carbons (Fsp3) is 0.500. The van der Waals surface area contributed by atoms with Crippen LogP contribution in [0.25, 0.3) is 10.2 Å². The molecule has 128 valence electrons. The molecule has 8 heteroatoms. The maximum Gasteiger partial charge on any atom is 0.307 e. The van der Waals surface area contributed by atoms with Crippen LogP contribution in [0.5, 0.6) is 0 Å². The van der Waals surface area contributed by atoms with E-state index in [0.717, 1.165) is 36.1 Å². The third kappa shape index (κ3) is 3.33. The second-order valence-electron chi connectivity index (χ2n) is 5.94. The summed E-state index contributed by atoms with van der Waals surface area (Å²) in [5, 5.41) is 0.698. The Labute approximate surface area is 142 Å². The molecule has 0 spiro atoms. The van der Waals surface area contributed by atoms with Gasteiger partial charge in [0.25, 0.3) is 11.5 Å². The van der Waals surface area contributed by atoms with Gasteiger partial charge in [0.15, 0.2) is 6.10 Å². The number of primary amides is 1. The van der Waals surface area contributed by atoms with E-state index in [-0.39, 0.29) is 18.4 Å². The SMILES string of the molecule is C[C@H](OC(=O)CCc1nc2sc3c(c2c(=O)[nH]1)CCCC3)C(N)=O. The van der Waals surface area contributed by atoms with Crippen molar-refractivity contribution in [1.29, 1.82) is 0 Å². The standard InChI is InChI=1S/C16H19N3O4S/c1-8(14(17)21)23-12(20)7-6-11-18-15(22)13-9-4-2-3-5-10(9)24-16(13)19-11/h8H,2-7H2,1H3,(H2,17,21)(H,18,19,22)/t8-/m0/s1. The van der Waals surface area contributed by atoms with Crippen LogP contribution in [0.1, 0.15) is 42.5 Å². The molecule has 2 heterocycles. The predicted molar refractivity (Wildman–Crippen MR) is 90.0 cm³/mol. The Kier molecular flexibility index (Phi) is 4.66. The molecular formula is C16H19N3O4S. The molecule has 0 saturated heterocycles. The number of ether oxygens (including phenoxy) is 1. The molecule has 7 nitrogen and oxygen atoms in total. The van der Waals surface area contributed by atoms with Gasteiger partial charge in [-0.2, -0.15) is 0 Å². The average Bonchev–Trinajstić information content (AvgIpc) is 2.91. The van der Waals surface area contributed by atoms with Crippen molar-refractivity contribution in [3.8, 4) is 0 Å². The number of esters is 1. The van der Waals surface area contributed by atoms with Crippen molar-refractivity contribution in [2.75, 3.05) is 0 Å². The van der Waals surface area contributed by atoms with E-state index in [1.165, 1.54) is 11.8 Å². The summed E-state index contributed by atoms with van der Waals surface area (Å²) in [4.78, 5) is 44.2. The van der Waals surface area contributed by atoms with E-state index in [1.807, 2.05) is 0 Å². The molecule has 2 aromatic rings. The molecular weight excluding hydrogens is 330 g/mol. The molecule has 0 radical (unpaired) electrons. The van der Waals surface area contributed by atoms with Crippen molar-refractivity contribution >= 4 is 33.4 Å². The number of fused-ring (bicyclic) bond motifs is 3. The van der Waals surface area contributed by atoms with Crippen molar-refractivity contribution < 1.29 is 14.3 Å². The Hall–Kier alpha value is -2.22. The van der Waals surface area contributed by atoms with E-state index < -0.39 is 18.0 Å². The second-order valence-corrected chi connectivity index (χ2v) is 7.02. The molecule has 0 bridgehead atoms. The minimum absolute atomic E-state index is 0.0250. The van der Waals surface area contributed by atoms with Gasteiger partial charge in [0.1, 0.15) is 10.7 Å². The summed E-state index contributed by atoms with van der Waals surface area (Å²) >= 11 is 1.57. The molecule has 0 aromatic carbocycles. The number of carbonyl (C=O) groups excluding carboxylic acids is 2. The first kappa shape index (κ1) is 16.6. The van der Waals surface area contributed by atoms with E-state index in [4.69, 9.17) is 10.5 Å². The molecule has 0 unspecified atom stereocenters. The highest BCUT2D eigenvalue weighted by Gasteiger charge is 2.20.